The Labute approximate surface area is 116 Å². The highest BCUT2D eigenvalue weighted by Gasteiger charge is 2.21. The number of carbonyl (C=O) groups is 1. The van der Waals surface area contributed by atoms with Gasteiger partial charge in [-0.05, 0) is 34.1 Å². The summed E-state index contributed by atoms with van der Waals surface area (Å²) in [5.41, 5.74) is 0.257. The van der Waals surface area contributed by atoms with E-state index in [2.05, 4.69) is 11.9 Å². The molecule has 19 heavy (non-hydrogen) atoms. The van der Waals surface area contributed by atoms with Crippen LogP contribution in [-0.4, -0.2) is 43.0 Å². The quantitative estimate of drug-likeness (QED) is 0.724. The lowest BCUT2D eigenvalue weighted by Crippen LogP contribution is -2.43. The summed E-state index contributed by atoms with van der Waals surface area (Å²) >= 11 is 0. The Hall–Kier alpha value is -1.23. The van der Waals surface area contributed by atoms with E-state index in [0.717, 1.165) is 12.1 Å². The average molecular weight is 272 g/mol. The topological polar surface area (TPSA) is 50.8 Å². The van der Waals surface area contributed by atoms with Gasteiger partial charge in [0.2, 0.25) is 0 Å². The van der Waals surface area contributed by atoms with Crippen molar-refractivity contribution in [3.8, 4) is 0 Å². The Kier molecular flexibility index (Phi) is 7.52. The minimum atomic E-state index is -0.486. The smallest absolute Gasteiger partial charge is 0.411 e. The second kappa shape index (κ2) is 8.04. The van der Waals surface area contributed by atoms with Crippen LogP contribution in [0.4, 0.5) is 4.79 Å². The Bertz CT molecular complexity index is 298. The SMILES string of the molecule is C=C(NCN(CCC)C(=O)OC(C)(C)C)[C@H](C)OC. The van der Waals surface area contributed by atoms with E-state index in [4.69, 9.17) is 9.47 Å². The first-order valence-corrected chi connectivity index (χ1v) is 6.64. The minimum absolute atomic E-state index is 0.0953. The number of amides is 1. The molecular formula is C14H28N2O3. The van der Waals surface area contributed by atoms with Crippen LogP contribution in [0.1, 0.15) is 41.0 Å². The lowest BCUT2D eigenvalue weighted by molar-refractivity contribution is 0.0234. The van der Waals surface area contributed by atoms with Crippen molar-refractivity contribution in [2.75, 3.05) is 20.3 Å². The summed E-state index contributed by atoms with van der Waals surface area (Å²) in [6.07, 6.45) is 0.453. The second-order valence-electron chi connectivity index (χ2n) is 5.48. The van der Waals surface area contributed by atoms with Gasteiger partial charge in [-0.3, -0.25) is 4.90 Å². The fourth-order valence-corrected chi connectivity index (χ4v) is 1.31. The van der Waals surface area contributed by atoms with Crippen LogP contribution >= 0.6 is 0 Å². The van der Waals surface area contributed by atoms with Crippen LogP contribution < -0.4 is 5.32 Å². The largest absolute Gasteiger partial charge is 0.444 e. The van der Waals surface area contributed by atoms with Crippen LogP contribution in [0.5, 0.6) is 0 Å². The fourth-order valence-electron chi connectivity index (χ4n) is 1.31. The molecule has 0 saturated heterocycles. The molecule has 0 aliphatic heterocycles. The third-order valence-corrected chi connectivity index (χ3v) is 2.49. The molecule has 5 nitrogen and oxygen atoms in total. The molecule has 0 radical (unpaired) electrons. The van der Waals surface area contributed by atoms with E-state index in [-0.39, 0.29) is 12.2 Å². The van der Waals surface area contributed by atoms with E-state index in [9.17, 15) is 4.79 Å². The zero-order valence-electron chi connectivity index (χ0n) is 13.1. The van der Waals surface area contributed by atoms with Gasteiger partial charge in [0.1, 0.15) is 5.60 Å². The lowest BCUT2D eigenvalue weighted by atomic mass is 10.2. The van der Waals surface area contributed by atoms with Crippen molar-refractivity contribution in [2.24, 2.45) is 0 Å². The first kappa shape index (κ1) is 17.8. The summed E-state index contributed by atoms with van der Waals surface area (Å²) in [4.78, 5) is 13.6. The fraction of sp³-hybridized carbons (Fsp3) is 0.786. The van der Waals surface area contributed by atoms with Crippen molar-refractivity contribution in [1.29, 1.82) is 0 Å². The molecule has 0 aliphatic carbocycles. The third-order valence-electron chi connectivity index (χ3n) is 2.49. The summed E-state index contributed by atoms with van der Waals surface area (Å²) in [6.45, 7) is 14.4. The Morgan fingerprint density at radius 2 is 2.00 bits per heavy atom. The van der Waals surface area contributed by atoms with E-state index in [0.29, 0.717) is 13.2 Å². The molecule has 0 aliphatic rings. The minimum Gasteiger partial charge on any atom is -0.444 e. The van der Waals surface area contributed by atoms with Crippen molar-refractivity contribution in [2.45, 2.75) is 52.7 Å². The van der Waals surface area contributed by atoms with Gasteiger partial charge in [-0.25, -0.2) is 4.79 Å². The van der Waals surface area contributed by atoms with Gasteiger partial charge in [0, 0.05) is 19.4 Å². The molecule has 0 aromatic rings. The van der Waals surface area contributed by atoms with Gasteiger partial charge in [-0.2, -0.15) is 0 Å². The third kappa shape index (κ3) is 7.72. The first-order valence-electron chi connectivity index (χ1n) is 6.64. The average Bonchev–Trinajstić information content (AvgIpc) is 2.30. The number of methoxy groups -OCH3 is 1. The van der Waals surface area contributed by atoms with Crippen molar-refractivity contribution in [3.05, 3.63) is 12.3 Å². The molecule has 0 fully saturated rings. The molecular weight excluding hydrogens is 244 g/mol. The van der Waals surface area contributed by atoms with E-state index >= 15 is 0 Å². The van der Waals surface area contributed by atoms with Crippen LogP contribution in [-0.2, 0) is 9.47 Å². The van der Waals surface area contributed by atoms with Gasteiger partial charge in [-0.15, -0.1) is 0 Å². The highest BCUT2D eigenvalue weighted by molar-refractivity contribution is 5.68. The van der Waals surface area contributed by atoms with Gasteiger partial charge >= 0.3 is 6.09 Å². The summed E-state index contributed by atoms with van der Waals surface area (Å²) in [5.74, 6) is 0. The molecule has 0 bridgehead atoms. The zero-order chi connectivity index (χ0) is 15.1. The predicted molar refractivity (Wildman–Crippen MR) is 76.8 cm³/mol. The van der Waals surface area contributed by atoms with Crippen LogP contribution in [0, 0.1) is 0 Å². The van der Waals surface area contributed by atoms with E-state index in [1.807, 2.05) is 34.6 Å². The molecule has 5 heteroatoms. The predicted octanol–water partition coefficient (Wildman–Crippen LogP) is 2.73. The molecule has 0 spiro atoms. The van der Waals surface area contributed by atoms with Crippen molar-refractivity contribution in [3.63, 3.8) is 0 Å². The van der Waals surface area contributed by atoms with Crippen LogP contribution in [0.25, 0.3) is 0 Å². The monoisotopic (exact) mass is 272 g/mol. The van der Waals surface area contributed by atoms with Gasteiger partial charge < -0.3 is 14.8 Å². The lowest BCUT2D eigenvalue weighted by Gasteiger charge is -2.28. The van der Waals surface area contributed by atoms with Crippen molar-refractivity contribution < 1.29 is 14.3 Å². The second-order valence-corrected chi connectivity index (χ2v) is 5.48. The summed E-state index contributed by atoms with van der Waals surface area (Å²) in [6, 6.07) is 0. The molecule has 1 amide bonds. The standard InChI is InChI=1S/C14H28N2O3/c1-8-9-16(13(17)19-14(4,5)6)10-15-11(2)12(3)18-7/h12,15H,2,8-10H2,1,3-7H3/t12-/m0/s1. The normalized spacial score (nSPS) is 12.7. The molecule has 0 heterocycles. The highest BCUT2D eigenvalue weighted by atomic mass is 16.6. The number of nitrogens with zero attached hydrogens (tertiary/aromatic N) is 1. The van der Waals surface area contributed by atoms with E-state index < -0.39 is 5.60 Å². The maximum Gasteiger partial charge on any atom is 0.411 e. The summed E-state index contributed by atoms with van der Waals surface area (Å²) < 4.78 is 10.5. The van der Waals surface area contributed by atoms with Gasteiger partial charge in [0.25, 0.3) is 0 Å². The Balaban J connectivity index is 4.41. The molecule has 0 aromatic carbocycles. The molecule has 0 saturated carbocycles. The Morgan fingerprint density at radius 1 is 1.42 bits per heavy atom. The zero-order valence-corrected chi connectivity index (χ0v) is 13.1. The first-order chi connectivity index (χ1) is 8.71. The molecule has 0 rings (SSSR count). The highest BCUT2D eigenvalue weighted by Crippen LogP contribution is 2.10. The van der Waals surface area contributed by atoms with E-state index in [1.165, 1.54) is 0 Å². The number of rotatable bonds is 7. The van der Waals surface area contributed by atoms with Gasteiger partial charge in [0.05, 0.1) is 12.8 Å². The number of hydrogen-bond donors (Lipinski definition) is 1. The van der Waals surface area contributed by atoms with Crippen molar-refractivity contribution in [1.82, 2.24) is 10.2 Å². The van der Waals surface area contributed by atoms with Crippen LogP contribution in [0.3, 0.4) is 0 Å². The number of hydrogen-bond acceptors (Lipinski definition) is 4. The molecule has 0 aromatic heterocycles. The maximum atomic E-state index is 12.0. The molecule has 112 valence electrons. The van der Waals surface area contributed by atoms with Crippen LogP contribution in [0.15, 0.2) is 12.3 Å². The van der Waals surface area contributed by atoms with E-state index in [1.54, 1.807) is 12.0 Å². The molecule has 1 N–H and O–H groups in total. The molecule has 1 atom stereocenters. The Morgan fingerprint density at radius 3 is 2.42 bits per heavy atom. The van der Waals surface area contributed by atoms with Crippen molar-refractivity contribution >= 4 is 6.09 Å². The molecule has 0 unspecified atom stereocenters. The van der Waals surface area contributed by atoms with Gasteiger partial charge in [-0.1, -0.05) is 13.5 Å². The van der Waals surface area contributed by atoms with Gasteiger partial charge in [0.15, 0.2) is 0 Å². The van der Waals surface area contributed by atoms with Crippen LogP contribution in [0.2, 0.25) is 0 Å². The maximum absolute atomic E-state index is 12.0. The summed E-state index contributed by atoms with van der Waals surface area (Å²) in [5, 5.41) is 3.09. The number of ether oxygens (including phenoxy) is 2. The number of nitrogens with one attached hydrogen (secondary N) is 1. The number of carbonyl (C=O) groups excluding carboxylic acids is 1. The summed E-state index contributed by atoms with van der Waals surface area (Å²) in [7, 11) is 1.62.